The number of rotatable bonds is 3. The van der Waals surface area contributed by atoms with Crippen LogP contribution in [0.4, 0.5) is 0 Å². The molecule has 1 aliphatic carbocycles. The Kier molecular flexibility index (Phi) is 2.12. The maximum atomic E-state index is 4.20. The van der Waals surface area contributed by atoms with Crippen LogP contribution in [0.2, 0.25) is 0 Å². The van der Waals surface area contributed by atoms with Gasteiger partial charge in [0, 0.05) is 24.8 Å². The van der Waals surface area contributed by atoms with Gasteiger partial charge in [-0.15, -0.1) is 0 Å². The van der Waals surface area contributed by atoms with Gasteiger partial charge in [0.25, 0.3) is 0 Å². The Morgan fingerprint density at radius 3 is 2.77 bits per heavy atom. The third-order valence-corrected chi connectivity index (χ3v) is 2.99. The zero-order valence-electron chi connectivity index (χ0n) is 8.49. The van der Waals surface area contributed by atoms with E-state index in [0.29, 0.717) is 6.04 Å². The molecule has 1 saturated carbocycles. The van der Waals surface area contributed by atoms with Gasteiger partial charge in [0.15, 0.2) is 0 Å². The van der Waals surface area contributed by atoms with Crippen LogP contribution in [-0.4, -0.2) is 16.8 Å². The molecule has 0 radical (unpaired) electrons. The highest BCUT2D eigenvalue weighted by molar-refractivity contribution is 5.14. The van der Waals surface area contributed by atoms with Crippen molar-refractivity contribution in [1.29, 1.82) is 0 Å². The molecule has 0 amide bonds. The van der Waals surface area contributed by atoms with Crippen LogP contribution in [0.15, 0.2) is 12.4 Å². The molecular formula is C10H17N3. The van der Waals surface area contributed by atoms with Gasteiger partial charge in [0.1, 0.15) is 0 Å². The van der Waals surface area contributed by atoms with Crippen LogP contribution in [-0.2, 0) is 7.05 Å². The number of aryl methyl sites for hydroxylation is 1. The second-order valence-electron chi connectivity index (χ2n) is 4.09. The standard InChI is InChI=1S/C10H17N3/c1-7-4-9(7)10(11-2)8-5-12-13(3)6-8/h5-7,9-11H,4H2,1-3H3. The SMILES string of the molecule is CNC(c1cnn(C)c1)C1CC1C. The molecule has 0 aliphatic heterocycles. The largest absolute Gasteiger partial charge is 0.313 e. The Morgan fingerprint density at radius 1 is 1.69 bits per heavy atom. The van der Waals surface area contributed by atoms with Crippen LogP contribution in [0.5, 0.6) is 0 Å². The van der Waals surface area contributed by atoms with Crippen molar-refractivity contribution in [3.05, 3.63) is 18.0 Å². The zero-order valence-corrected chi connectivity index (χ0v) is 8.49. The summed E-state index contributed by atoms with van der Waals surface area (Å²) in [7, 11) is 4.00. The number of nitrogens with one attached hydrogen (secondary N) is 1. The van der Waals surface area contributed by atoms with Gasteiger partial charge in [-0.25, -0.2) is 0 Å². The second-order valence-corrected chi connectivity index (χ2v) is 4.09. The lowest BCUT2D eigenvalue weighted by atomic mass is 10.1. The predicted molar refractivity (Wildman–Crippen MR) is 52.3 cm³/mol. The van der Waals surface area contributed by atoms with E-state index in [1.54, 1.807) is 0 Å². The van der Waals surface area contributed by atoms with Crippen molar-refractivity contribution in [3.63, 3.8) is 0 Å². The summed E-state index contributed by atoms with van der Waals surface area (Å²) in [6.07, 6.45) is 5.42. The van der Waals surface area contributed by atoms with Crippen molar-refractivity contribution in [2.45, 2.75) is 19.4 Å². The number of aromatic nitrogens is 2. The molecule has 1 aromatic rings. The monoisotopic (exact) mass is 179 g/mol. The number of hydrogen-bond donors (Lipinski definition) is 1. The first-order valence-electron chi connectivity index (χ1n) is 4.88. The van der Waals surface area contributed by atoms with Crippen molar-refractivity contribution >= 4 is 0 Å². The van der Waals surface area contributed by atoms with Crippen molar-refractivity contribution in [2.24, 2.45) is 18.9 Å². The molecule has 2 rings (SSSR count). The minimum Gasteiger partial charge on any atom is -0.313 e. The average Bonchev–Trinajstić information content (AvgIpc) is 2.62. The first kappa shape index (κ1) is 8.75. The van der Waals surface area contributed by atoms with Crippen LogP contribution in [0, 0.1) is 11.8 Å². The third-order valence-electron chi connectivity index (χ3n) is 2.99. The van der Waals surface area contributed by atoms with Crippen LogP contribution < -0.4 is 5.32 Å². The molecule has 1 N–H and O–H groups in total. The van der Waals surface area contributed by atoms with E-state index in [1.165, 1.54) is 12.0 Å². The van der Waals surface area contributed by atoms with Crippen molar-refractivity contribution in [2.75, 3.05) is 7.05 Å². The minimum atomic E-state index is 0.503. The molecule has 13 heavy (non-hydrogen) atoms. The summed E-state index contributed by atoms with van der Waals surface area (Å²) >= 11 is 0. The van der Waals surface area contributed by atoms with Gasteiger partial charge in [0.2, 0.25) is 0 Å². The fourth-order valence-corrected chi connectivity index (χ4v) is 2.04. The van der Waals surface area contributed by atoms with E-state index >= 15 is 0 Å². The Morgan fingerprint density at radius 2 is 2.38 bits per heavy atom. The summed E-state index contributed by atoms with van der Waals surface area (Å²) in [6.45, 7) is 2.31. The maximum absolute atomic E-state index is 4.20. The fourth-order valence-electron chi connectivity index (χ4n) is 2.04. The number of nitrogens with zero attached hydrogens (tertiary/aromatic N) is 2. The lowest BCUT2D eigenvalue weighted by Crippen LogP contribution is -2.18. The summed E-state index contributed by atoms with van der Waals surface area (Å²) in [6, 6.07) is 0.503. The van der Waals surface area contributed by atoms with Crippen molar-refractivity contribution < 1.29 is 0 Å². The highest BCUT2D eigenvalue weighted by atomic mass is 15.2. The minimum absolute atomic E-state index is 0.503. The molecule has 1 fully saturated rings. The highest BCUT2D eigenvalue weighted by Crippen LogP contribution is 2.46. The Bertz CT molecular complexity index is 292. The molecule has 3 atom stereocenters. The molecule has 1 heterocycles. The molecule has 1 aromatic heterocycles. The van der Waals surface area contributed by atoms with Gasteiger partial charge < -0.3 is 5.32 Å². The van der Waals surface area contributed by atoms with Gasteiger partial charge >= 0.3 is 0 Å². The van der Waals surface area contributed by atoms with Crippen LogP contribution >= 0.6 is 0 Å². The second kappa shape index (κ2) is 3.14. The molecule has 0 aromatic carbocycles. The topological polar surface area (TPSA) is 29.9 Å². The average molecular weight is 179 g/mol. The molecule has 1 aliphatic rings. The molecule has 0 saturated heterocycles. The Labute approximate surface area is 79.1 Å². The first-order chi connectivity index (χ1) is 6.22. The lowest BCUT2D eigenvalue weighted by Gasteiger charge is -2.13. The molecule has 3 unspecified atom stereocenters. The van der Waals surface area contributed by atoms with Crippen LogP contribution in [0.25, 0.3) is 0 Å². The molecule has 72 valence electrons. The Hall–Kier alpha value is -0.830. The van der Waals surface area contributed by atoms with E-state index in [4.69, 9.17) is 0 Å². The van der Waals surface area contributed by atoms with Gasteiger partial charge in [-0.05, 0) is 25.3 Å². The van der Waals surface area contributed by atoms with E-state index in [2.05, 4.69) is 23.5 Å². The third kappa shape index (κ3) is 1.61. The van der Waals surface area contributed by atoms with E-state index in [1.807, 2.05) is 25.0 Å². The molecule has 3 heteroatoms. The molecule has 0 spiro atoms. The predicted octanol–water partition coefficient (Wildman–Crippen LogP) is 1.34. The smallest absolute Gasteiger partial charge is 0.0537 e. The quantitative estimate of drug-likeness (QED) is 0.758. The van der Waals surface area contributed by atoms with E-state index in [0.717, 1.165) is 11.8 Å². The van der Waals surface area contributed by atoms with Crippen LogP contribution in [0.1, 0.15) is 24.9 Å². The summed E-state index contributed by atoms with van der Waals surface area (Å²) in [5.74, 6) is 1.69. The number of hydrogen-bond acceptors (Lipinski definition) is 2. The normalized spacial score (nSPS) is 28.8. The summed E-state index contributed by atoms with van der Waals surface area (Å²) in [4.78, 5) is 0. The van der Waals surface area contributed by atoms with Crippen molar-refractivity contribution in [3.8, 4) is 0 Å². The first-order valence-corrected chi connectivity index (χ1v) is 4.88. The zero-order chi connectivity index (χ0) is 9.42. The summed E-state index contributed by atoms with van der Waals surface area (Å²) in [5.41, 5.74) is 1.32. The molecular weight excluding hydrogens is 162 g/mol. The Balaban J connectivity index is 2.13. The van der Waals surface area contributed by atoms with E-state index in [-0.39, 0.29) is 0 Å². The fraction of sp³-hybridized carbons (Fsp3) is 0.700. The van der Waals surface area contributed by atoms with Gasteiger partial charge in [-0.2, -0.15) is 5.10 Å². The van der Waals surface area contributed by atoms with Crippen molar-refractivity contribution in [1.82, 2.24) is 15.1 Å². The summed E-state index contributed by atoms with van der Waals surface area (Å²) < 4.78 is 1.87. The van der Waals surface area contributed by atoms with Gasteiger partial charge in [-0.1, -0.05) is 6.92 Å². The van der Waals surface area contributed by atoms with E-state index < -0.39 is 0 Å². The summed E-state index contributed by atoms with van der Waals surface area (Å²) in [5, 5.41) is 7.57. The lowest BCUT2D eigenvalue weighted by molar-refractivity contribution is 0.503. The van der Waals surface area contributed by atoms with Gasteiger partial charge in [0.05, 0.1) is 6.20 Å². The highest BCUT2D eigenvalue weighted by Gasteiger charge is 2.39. The van der Waals surface area contributed by atoms with E-state index in [9.17, 15) is 0 Å². The molecule has 3 nitrogen and oxygen atoms in total. The maximum Gasteiger partial charge on any atom is 0.0537 e. The van der Waals surface area contributed by atoms with Crippen LogP contribution in [0.3, 0.4) is 0 Å². The van der Waals surface area contributed by atoms with Gasteiger partial charge in [-0.3, -0.25) is 4.68 Å². The molecule has 0 bridgehead atoms.